The molecule has 1 aliphatic rings. The molecule has 0 saturated carbocycles. The number of hydrogen-bond acceptors (Lipinski definition) is 3. The third-order valence-corrected chi connectivity index (χ3v) is 2.29. The van der Waals surface area contributed by atoms with Gasteiger partial charge in [-0.2, -0.15) is 0 Å². The Hall–Kier alpha value is -1.64. The molecule has 0 N–H and O–H groups in total. The fourth-order valence-electron chi connectivity index (χ4n) is 1.69. The molecule has 0 bridgehead atoms. The van der Waals surface area contributed by atoms with E-state index in [0.29, 0.717) is 0 Å². The third-order valence-electron chi connectivity index (χ3n) is 2.29. The highest BCUT2D eigenvalue weighted by atomic mass is 16.3. The molecule has 2 heterocycles. The number of aromatic nitrogens is 2. The zero-order valence-corrected chi connectivity index (χ0v) is 7.03. The first kappa shape index (κ1) is 6.83. The standard InChI is InChI=1S/C10H8N2O/c1-2-4-8-7(3-1)10-9(13-8)5-11-6-12-10/h1,3,5-6H,2,4H2. The van der Waals surface area contributed by atoms with E-state index in [-0.39, 0.29) is 0 Å². The van der Waals surface area contributed by atoms with Crippen LogP contribution >= 0.6 is 0 Å². The zero-order valence-electron chi connectivity index (χ0n) is 7.03. The Bertz CT molecular complexity index is 485. The van der Waals surface area contributed by atoms with Crippen molar-refractivity contribution in [2.45, 2.75) is 12.8 Å². The summed E-state index contributed by atoms with van der Waals surface area (Å²) in [5, 5.41) is 0. The fraction of sp³-hybridized carbons (Fsp3) is 0.200. The monoisotopic (exact) mass is 172 g/mol. The Balaban J connectivity index is 2.42. The van der Waals surface area contributed by atoms with E-state index in [1.54, 1.807) is 12.5 Å². The van der Waals surface area contributed by atoms with Crippen molar-refractivity contribution in [2.75, 3.05) is 0 Å². The number of hydrogen-bond donors (Lipinski definition) is 0. The molecule has 2 aromatic heterocycles. The number of rotatable bonds is 0. The molecular formula is C10H8N2O. The van der Waals surface area contributed by atoms with Gasteiger partial charge < -0.3 is 4.42 Å². The van der Waals surface area contributed by atoms with Crippen LogP contribution < -0.4 is 0 Å². The summed E-state index contributed by atoms with van der Waals surface area (Å²) in [7, 11) is 0. The van der Waals surface area contributed by atoms with E-state index in [2.05, 4.69) is 22.1 Å². The number of furan rings is 1. The summed E-state index contributed by atoms with van der Waals surface area (Å²) in [6.45, 7) is 0. The molecule has 13 heavy (non-hydrogen) atoms. The average molecular weight is 172 g/mol. The second-order valence-corrected chi connectivity index (χ2v) is 3.12. The molecule has 0 atom stereocenters. The van der Waals surface area contributed by atoms with Gasteiger partial charge in [0.15, 0.2) is 5.58 Å². The van der Waals surface area contributed by atoms with Gasteiger partial charge in [0.2, 0.25) is 0 Å². The first-order valence-electron chi connectivity index (χ1n) is 4.33. The Morgan fingerprint density at radius 3 is 3.38 bits per heavy atom. The summed E-state index contributed by atoms with van der Waals surface area (Å²) in [6.07, 6.45) is 9.54. The zero-order chi connectivity index (χ0) is 8.67. The molecule has 0 aromatic carbocycles. The molecule has 1 aliphatic carbocycles. The summed E-state index contributed by atoms with van der Waals surface area (Å²) in [5.74, 6) is 1.04. The minimum absolute atomic E-state index is 0.791. The largest absolute Gasteiger partial charge is 0.457 e. The maximum Gasteiger partial charge on any atom is 0.171 e. The predicted molar refractivity (Wildman–Crippen MR) is 49.2 cm³/mol. The van der Waals surface area contributed by atoms with Gasteiger partial charge in [-0.15, -0.1) is 0 Å². The van der Waals surface area contributed by atoms with Crippen molar-refractivity contribution in [1.29, 1.82) is 0 Å². The van der Waals surface area contributed by atoms with Crippen molar-refractivity contribution in [1.82, 2.24) is 9.97 Å². The molecule has 3 nitrogen and oxygen atoms in total. The Morgan fingerprint density at radius 1 is 1.38 bits per heavy atom. The van der Waals surface area contributed by atoms with Crippen LogP contribution in [-0.2, 0) is 6.42 Å². The van der Waals surface area contributed by atoms with Gasteiger partial charge in [0.1, 0.15) is 17.6 Å². The second kappa shape index (κ2) is 2.42. The van der Waals surface area contributed by atoms with Crippen LogP contribution in [-0.4, -0.2) is 9.97 Å². The van der Waals surface area contributed by atoms with Gasteiger partial charge >= 0.3 is 0 Å². The minimum atomic E-state index is 0.791. The highest BCUT2D eigenvalue weighted by Crippen LogP contribution is 2.28. The van der Waals surface area contributed by atoms with Crippen LogP contribution in [0.15, 0.2) is 23.0 Å². The van der Waals surface area contributed by atoms with Crippen molar-refractivity contribution in [3.63, 3.8) is 0 Å². The molecule has 64 valence electrons. The lowest BCUT2D eigenvalue weighted by Gasteiger charge is -2.00. The fourth-order valence-corrected chi connectivity index (χ4v) is 1.69. The molecule has 0 spiro atoms. The second-order valence-electron chi connectivity index (χ2n) is 3.12. The normalized spacial score (nSPS) is 14.8. The molecule has 0 aliphatic heterocycles. The lowest BCUT2D eigenvalue weighted by atomic mass is 10.1. The number of nitrogens with zero attached hydrogens (tertiary/aromatic N) is 2. The Labute approximate surface area is 75.1 Å². The maximum absolute atomic E-state index is 5.61. The smallest absolute Gasteiger partial charge is 0.171 e. The van der Waals surface area contributed by atoms with Gasteiger partial charge in [0.05, 0.1) is 6.20 Å². The predicted octanol–water partition coefficient (Wildman–Crippen LogP) is 2.18. The molecule has 0 saturated heterocycles. The minimum Gasteiger partial charge on any atom is -0.457 e. The first-order chi connectivity index (χ1) is 6.45. The van der Waals surface area contributed by atoms with E-state index in [1.807, 2.05) is 0 Å². The van der Waals surface area contributed by atoms with Gasteiger partial charge in [-0.1, -0.05) is 12.2 Å². The Morgan fingerprint density at radius 2 is 2.38 bits per heavy atom. The third kappa shape index (κ3) is 0.900. The van der Waals surface area contributed by atoms with Crippen LogP contribution in [0.25, 0.3) is 17.2 Å². The van der Waals surface area contributed by atoms with E-state index in [4.69, 9.17) is 4.42 Å². The van der Waals surface area contributed by atoms with E-state index in [1.165, 1.54) is 0 Å². The average Bonchev–Trinajstić information content (AvgIpc) is 2.56. The topological polar surface area (TPSA) is 38.9 Å². The van der Waals surface area contributed by atoms with E-state index in [0.717, 1.165) is 35.3 Å². The van der Waals surface area contributed by atoms with Crippen LogP contribution in [0.3, 0.4) is 0 Å². The van der Waals surface area contributed by atoms with Gasteiger partial charge in [-0.25, -0.2) is 9.97 Å². The summed E-state index contributed by atoms with van der Waals surface area (Å²) in [4.78, 5) is 8.13. The SMILES string of the molecule is C1=Cc2c(oc3cncnc23)CC1. The Kier molecular flexibility index (Phi) is 1.27. The van der Waals surface area contributed by atoms with Crippen molar-refractivity contribution in [3.05, 3.63) is 29.9 Å². The van der Waals surface area contributed by atoms with E-state index >= 15 is 0 Å². The van der Waals surface area contributed by atoms with Gasteiger partial charge in [0, 0.05) is 12.0 Å². The van der Waals surface area contributed by atoms with E-state index in [9.17, 15) is 0 Å². The number of fused-ring (bicyclic) bond motifs is 3. The summed E-state index contributed by atoms with van der Waals surface area (Å²) < 4.78 is 5.61. The molecule has 3 heteroatoms. The molecule has 3 rings (SSSR count). The first-order valence-corrected chi connectivity index (χ1v) is 4.33. The maximum atomic E-state index is 5.61. The lowest BCUT2D eigenvalue weighted by Crippen LogP contribution is -1.88. The summed E-state index contributed by atoms with van der Waals surface area (Å²) >= 11 is 0. The molecule has 0 radical (unpaired) electrons. The number of allylic oxidation sites excluding steroid dienone is 1. The quantitative estimate of drug-likeness (QED) is 0.611. The van der Waals surface area contributed by atoms with Crippen LogP contribution in [0.2, 0.25) is 0 Å². The van der Waals surface area contributed by atoms with Crippen molar-refractivity contribution in [2.24, 2.45) is 0 Å². The highest BCUT2D eigenvalue weighted by Gasteiger charge is 2.14. The van der Waals surface area contributed by atoms with E-state index < -0.39 is 0 Å². The van der Waals surface area contributed by atoms with Crippen LogP contribution in [0, 0.1) is 0 Å². The van der Waals surface area contributed by atoms with Gasteiger partial charge in [-0.05, 0) is 6.42 Å². The van der Waals surface area contributed by atoms with Gasteiger partial charge in [-0.3, -0.25) is 0 Å². The number of aryl methyl sites for hydroxylation is 1. The summed E-state index contributed by atoms with van der Waals surface area (Å²) in [5.41, 5.74) is 2.85. The summed E-state index contributed by atoms with van der Waals surface area (Å²) in [6, 6.07) is 0. The van der Waals surface area contributed by atoms with Crippen molar-refractivity contribution < 1.29 is 4.42 Å². The lowest BCUT2D eigenvalue weighted by molar-refractivity contribution is 0.545. The highest BCUT2D eigenvalue weighted by molar-refractivity contribution is 5.84. The van der Waals surface area contributed by atoms with Crippen molar-refractivity contribution >= 4 is 17.2 Å². The molecule has 0 amide bonds. The van der Waals surface area contributed by atoms with Crippen LogP contribution in [0.4, 0.5) is 0 Å². The molecule has 0 fully saturated rings. The van der Waals surface area contributed by atoms with Crippen molar-refractivity contribution in [3.8, 4) is 0 Å². The van der Waals surface area contributed by atoms with Crippen LogP contribution in [0.5, 0.6) is 0 Å². The molecule has 0 unspecified atom stereocenters. The van der Waals surface area contributed by atoms with Crippen LogP contribution in [0.1, 0.15) is 17.7 Å². The molecular weight excluding hydrogens is 164 g/mol. The van der Waals surface area contributed by atoms with Gasteiger partial charge in [0.25, 0.3) is 0 Å². The molecule has 2 aromatic rings.